The fourth-order valence-corrected chi connectivity index (χ4v) is 1.19. The Labute approximate surface area is 84.2 Å². The molecule has 0 heterocycles. The van der Waals surface area contributed by atoms with Crippen LogP contribution in [0.3, 0.4) is 0 Å². The first kappa shape index (κ1) is 12.7. The average molecular weight is 199 g/mol. The van der Waals surface area contributed by atoms with Gasteiger partial charge in [-0.25, -0.2) is 4.79 Å². The van der Waals surface area contributed by atoms with Crippen molar-refractivity contribution in [2.75, 3.05) is 7.05 Å². The maximum Gasteiger partial charge on any atom is 0.326 e. The number of carboxylic acid groups (broad SMARTS) is 1. The molecule has 0 aromatic carbocycles. The van der Waals surface area contributed by atoms with Crippen LogP contribution in [0, 0.1) is 0 Å². The zero-order valence-corrected chi connectivity index (χ0v) is 8.69. The van der Waals surface area contributed by atoms with Gasteiger partial charge in [0.2, 0.25) is 5.91 Å². The minimum Gasteiger partial charge on any atom is -0.480 e. The number of nitrogens with zero attached hydrogens (tertiary/aromatic N) is 1. The second kappa shape index (κ2) is 6.18. The standard InChI is InChI=1S/C10H17NO3/c1-4-6-7-9(12)11(3)8(5-2)10(13)14/h4,8H,1,5-7H2,2-3H3,(H,13,14). The predicted molar refractivity (Wildman–Crippen MR) is 53.9 cm³/mol. The van der Waals surface area contributed by atoms with Crippen molar-refractivity contribution in [3.63, 3.8) is 0 Å². The van der Waals surface area contributed by atoms with Crippen molar-refractivity contribution in [1.29, 1.82) is 0 Å². The Hall–Kier alpha value is -1.32. The maximum absolute atomic E-state index is 11.4. The molecule has 1 N–H and O–H groups in total. The van der Waals surface area contributed by atoms with E-state index in [4.69, 9.17) is 5.11 Å². The van der Waals surface area contributed by atoms with E-state index >= 15 is 0 Å². The van der Waals surface area contributed by atoms with Crippen LogP contribution in [0.1, 0.15) is 26.2 Å². The summed E-state index contributed by atoms with van der Waals surface area (Å²) in [7, 11) is 1.52. The molecule has 0 bridgehead atoms. The SMILES string of the molecule is C=CCCC(=O)N(C)C(CC)C(=O)O. The number of carbonyl (C=O) groups excluding carboxylic acids is 1. The molecule has 0 spiro atoms. The largest absolute Gasteiger partial charge is 0.480 e. The van der Waals surface area contributed by atoms with Gasteiger partial charge in [-0.1, -0.05) is 13.0 Å². The van der Waals surface area contributed by atoms with E-state index in [1.807, 2.05) is 0 Å². The molecule has 0 saturated heterocycles. The van der Waals surface area contributed by atoms with Crippen LogP contribution in [0.4, 0.5) is 0 Å². The zero-order valence-electron chi connectivity index (χ0n) is 8.69. The highest BCUT2D eigenvalue weighted by Crippen LogP contribution is 2.05. The molecular weight excluding hydrogens is 182 g/mol. The lowest BCUT2D eigenvalue weighted by molar-refractivity contribution is -0.149. The van der Waals surface area contributed by atoms with Crippen molar-refractivity contribution >= 4 is 11.9 Å². The van der Waals surface area contributed by atoms with Gasteiger partial charge in [0.15, 0.2) is 0 Å². The Bertz CT molecular complexity index is 225. The molecule has 4 heteroatoms. The molecule has 0 rings (SSSR count). The first-order chi connectivity index (χ1) is 6.54. The maximum atomic E-state index is 11.4. The van der Waals surface area contributed by atoms with Crippen LogP contribution in [-0.2, 0) is 9.59 Å². The number of hydrogen-bond donors (Lipinski definition) is 1. The van der Waals surface area contributed by atoms with E-state index in [2.05, 4.69) is 6.58 Å². The summed E-state index contributed by atoms with van der Waals surface area (Å²) in [4.78, 5) is 23.4. The minimum atomic E-state index is -0.957. The second-order valence-electron chi connectivity index (χ2n) is 3.09. The first-order valence-corrected chi connectivity index (χ1v) is 4.63. The lowest BCUT2D eigenvalue weighted by Gasteiger charge is -2.23. The van der Waals surface area contributed by atoms with Gasteiger partial charge in [0, 0.05) is 13.5 Å². The quantitative estimate of drug-likeness (QED) is 0.655. The predicted octanol–water partition coefficient (Wildman–Crippen LogP) is 1.27. The third-order valence-electron chi connectivity index (χ3n) is 2.09. The highest BCUT2D eigenvalue weighted by Gasteiger charge is 2.23. The van der Waals surface area contributed by atoms with Crippen LogP contribution in [0.5, 0.6) is 0 Å². The molecule has 0 radical (unpaired) electrons. The summed E-state index contributed by atoms with van der Waals surface area (Å²) in [6.45, 7) is 5.25. The molecule has 1 unspecified atom stereocenters. The Kier molecular flexibility index (Phi) is 5.60. The molecule has 0 aliphatic carbocycles. The van der Waals surface area contributed by atoms with Gasteiger partial charge >= 0.3 is 5.97 Å². The Balaban J connectivity index is 4.26. The third kappa shape index (κ3) is 3.60. The van der Waals surface area contributed by atoms with Crippen molar-refractivity contribution in [2.45, 2.75) is 32.2 Å². The molecule has 1 amide bonds. The monoisotopic (exact) mass is 199 g/mol. The lowest BCUT2D eigenvalue weighted by Crippen LogP contribution is -2.41. The second-order valence-corrected chi connectivity index (χ2v) is 3.09. The van der Waals surface area contributed by atoms with E-state index in [-0.39, 0.29) is 5.91 Å². The highest BCUT2D eigenvalue weighted by atomic mass is 16.4. The lowest BCUT2D eigenvalue weighted by atomic mass is 10.2. The van der Waals surface area contributed by atoms with Crippen LogP contribution in [-0.4, -0.2) is 35.0 Å². The molecule has 4 nitrogen and oxygen atoms in total. The number of allylic oxidation sites excluding steroid dienone is 1. The average Bonchev–Trinajstić information content (AvgIpc) is 2.14. The van der Waals surface area contributed by atoms with Crippen molar-refractivity contribution in [3.05, 3.63) is 12.7 Å². The van der Waals surface area contributed by atoms with E-state index in [0.717, 1.165) is 0 Å². The summed E-state index contributed by atoms with van der Waals surface area (Å²) in [6.07, 6.45) is 2.97. The molecule has 0 saturated carbocycles. The number of aliphatic carboxylic acids is 1. The Morgan fingerprint density at radius 2 is 2.14 bits per heavy atom. The van der Waals surface area contributed by atoms with Crippen LogP contribution in [0.15, 0.2) is 12.7 Å². The van der Waals surface area contributed by atoms with E-state index in [9.17, 15) is 9.59 Å². The number of hydrogen-bond acceptors (Lipinski definition) is 2. The van der Waals surface area contributed by atoms with Crippen LogP contribution in [0.25, 0.3) is 0 Å². The fraction of sp³-hybridized carbons (Fsp3) is 0.600. The van der Waals surface area contributed by atoms with Crippen molar-refractivity contribution < 1.29 is 14.7 Å². The van der Waals surface area contributed by atoms with E-state index in [1.165, 1.54) is 11.9 Å². The van der Waals surface area contributed by atoms with Gasteiger partial charge in [-0.3, -0.25) is 4.79 Å². The third-order valence-corrected chi connectivity index (χ3v) is 2.09. The van der Waals surface area contributed by atoms with Crippen molar-refractivity contribution in [1.82, 2.24) is 4.90 Å². The normalized spacial score (nSPS) is 11.9. The van der Waals surface area contributed by atoms with Gasteiger partial charge in [0.25, 0.3) is 0 Å². The van der Waals surface area contributed by atoms with E-state index in [0.29, 0.717) is 19.3 Å². The van der Waals surface area contributed by atoms with Gasteiger partial charge < -0.3 is 10.0 Å². The molecule has 80 valence electrons. The fourth-order valence-electron chi connectivity index (χ4n) is 1.19. The molecule has 0 aliphatic heterocycles. The Morgan fingerprint density at radius 3 is 2.50 bits per heavy atom. The first-order valence-electron chi connectivity index (χ1n) is 4.63. The number of carboxylic acids is 1. The van der Waals surface area contributed by atoms with Crippen molar-refractivity contribution in [3.8, 4) is 0 Å². The molecule has 0 fully saturated rings. The van der Waals surface area contributed by atoms with Gasteiger partial charge in [-0.15, -0.1) is 6.58 Å². The summed E-state index contributed by atoms with van der Waals surface area (Å²) >= 11 is 0. The van der Waals surface area contributed by atoms with E-state index < -0.39 is 12.0 Å². The number of likely N-dealkylation sites (N-methyl/N-ethyl adjacent to an activating group) is 1. The highest BCUT2D eigenvalue weighted by molar-refractivity contribution is 5.83. The summed E-state index contributed by atoms with van der Waals surface area (Å²) in [5.74, 6) is -1.11. The van der Waals surface area contributed by atoms with Gasteiger partial charge in [-0.2, -0.15) is 0 Å². The van der Waals surface area contributed by atoms with Crippen molar-refractivity contribution in [2.24, 2.45) is 0 Å². The molecule has 0 aromatic rings. The smallest absolute Gasteiger partial charge is 0.326 e. The summed E-state index contributed by atoms with van der Waals surface area (Å²) in [5.41, 5.74) is 0. The summed E-state index contributed by atoms with van der Waals surface area (Å²) < 4.78 is 0. The van der Waals surface area contributed by atoms with Gasteiger partial charge in [0.1, 0.15) is 6.04 Å². The minimum absolute atomic E-state index is 0.154. The summed E-state index contributed by atoms with van der Waals surface area (Å²) in [6, 6.07) is -0.715. The molecule has 0 aliphatic rings. The van der Waals surface area contributed by atoms with Crippen LogP contribution < -0.4 is 0 Å². The number of rotatable bonds is 6. The molecular formula is C10H17NO3. The molecule has 1 atom stereocenters. The van der Waals surface area contributed by atoms with Crippen LogP contribution >= 0.6 is 0 Å². The van der Waals surface area contributed by atoms with Gasteiger partial charge in [-0.05, 0) is 12.8 Å². The molecule has 14 heavy (non-hydrogen) atoms. The van der Waals surface area contributed by atoms with E-state index in [1.54, 1.807) is 13.0 Å². The van der Waals surface area contributed by atoms with Gasteiger partial charge in [0.05, 0.1) is 0 Å². The number of amides is 1. The summed E-state index contributed by atoms with van der Waals surface area (Å²) in [5, 5.41) is 8.80. The Morgan fingerprint density at radius 1 is 1.57 bits per heavy atom. The zero-order chi connectivity index (χ0) is 11.1. The topological polar surface area (TPSA) is 57.6 Å². The van der Waals surface area contributed by atoms with Crippen LogP contribution in [0.2, 0.25) is 0 Å². The number of carbonyl (C=O) groups is 2. The molecule has 0 aromatic heterocycles.